The molecule has 3 rings (SSSR count). The lowest BCUT2D eigenvalue weighted by molar-refractivity contribution is 0.103. The molecule has 0 saturated carbocycles. The summed E-state index contributed by atoms with van der Waals surface area (Å²) in [4.78, 5) is 12.4. The number of hydrogen-bond donors (Lipinski definition) is 0. The van der Waals surface area contributed by atoms with Gasteiger partial charge < -0.3 is 0 Å². The summed E-state index contributed by atoms with van der Waals surface area (Å²) in [6.45, 7) is 1.92. The highest BCUT2D eigenvalue weighted by molar-refractivity contribution is 6.09. The van der Waals surface area contributed by atoms with Gasteiger partial charge in [0.1, 0.15) is 0 Å². The number of ketones is 1. The van der Waals surface area contributed by atoms with Crippen molar-refractivity contribution in [2.24, 2.45) is 7.05 Å². The van der Waals surface area contributed by atoms with Gasteiger partial charge in [0, 0.05) is 18.3 Å². The topological polar surface area (TPSA) is 34.9 Å². The molecule has 0 atom stereocenters. The number of nitrogens with zero attached hydrogens (tertiary/aromatic N) is 2. The number of carbonyl (C=O) groups excluding carboxylic acids is 1. The molecule has 3 nitrogen and oxygen atoms in total. The third kappa shape index (κ3) is 1.67. The second kappa shape index (κ2) is 4.09. The molecule has 0 bridgehead atoms. The second-order valence-corrected chi connectivity index (χ2v) is 4.93. The number of fused-ring (bicyclic) bond motifs is 1. The Labute approximate surface area is 106 Å². The fourth-order valence-electron chi connectivity index (χ4n) is 2.59. The largest absolute Gasteiger partial charge is 0.288 e. The maximum Gasteiger partial charge on any atom is 0.196 e. The first-order valence-electron chi connectivity index (χ1n) is 6.32. The zero-order valence-corrected chi connectivity index (χ0v) is 10.7. The maximum absolute atomic E-state index is 12.4. The monoisotopic (exact) mass is 240 g/mol. The molecule has 0 saturated heterocycles. The Kier molecular flexibility index (Phi) is 2.54. The molecule has 1 heterocycles. The van der Waals surface area contributed by atoms with E-state index in [9.17, 15) is 4.79 Å². The quantitative estimate of drug-likeness (QED) is 0.756. The van der Waals surface area contributed by atoms with Gasteiger partial charge in [0.2, 0.25) is 0 Å². The third-order valence-corrected chi connectivity index (χ3v) is 3.84. The van der Waals surface area contributed by atoms with Gasteiger partial charge in [-0.25, -0.2) is 0 Å². The van der Waals surface area contributed by atoms with E-state index in [2.05, 4.69) is 17.2 Å². The Bertz CT molecular complexity index is 625. The smallest absolute Gasteiger partial charge is 0.196 e. The molecule has 0 unspecified atom stereocenters. The summed E-state index contributed by atoms with van der Waals surface area (Å²) in [5, 5.41) is 4.13. The van der Waals surface area contributed by atoms with E-state index in [1.54, 1.807) is 10.9 Å². The molecule has 1 aromatic heterocycles. The molecule has 2 aromatic rings. The van der Waals surface area contributed by atoms with E-state index in [4.69, 9.17) is 0 Å². The lowest BCUT2D eigenvalue weighted by atomic mass is 10.00. The predicted octanol–water partition coefficient (Wildman–Crippen LogP) is 2.45. The molecule has 0 N–H and O–H groups in total. The molecule has 0 radical (unpaired) electrons. The van der Waals surface area contributed by atoms with Crippen LogP contribution in [-0.2, 0) is 19.9 Å². The summed E-state index contributed by atoms with van der Waals surface area (Å²) in [6.07, 6.45) is 5.11. The zero-order valence-electron chi connectivity index (χ0n) is 10.7. The Morgan fingerprint density at radius 3 is 2.78 bits per heavy atom. The normalized spacial score (nSPS) is 13.7. The second-order valence-electron chi connectivity index (χ2n) is 4.93. The van der Waals surface area contributed by atoms with Crippen molar-refractivity contribution in [3.05, 3.63) is 52.3 Å². The Morgan fingerprint density at radius 2 is 2.06 bits per heavy atom. The first-order chi connectivity index (χ1) is 8.66. The van der Waals surface area contributed by atoms with E-state index >= 15 is 0 Å². The predicted molar refractivity (Wildman–Crippen MR) is 69.8 cm³/mol. The van der Waals surface area contributed by atoms with Crippen molar-refractivity contribution in [2.45, 2.75) is 26.2 Å². The van der Waals surface area contributed by atoms with Crippen molar-refractivity contribution in [3.63, 3.8) is 0 Å². The van der Waals surface area contributed by atoms with Gasteiger partial charge in [-0.2, -0.15) is 5.10 Å². The molecule has 1 aromatic carbocycles. The van der Waals surface area contributed by atoms with Crippen molar-refractivity contribution in [3.8, 4) is 0 Å². The van der Waals surface area contributed by atoms with Crippen LogP contribution in [0.5, 0.6) is 0 Å². The van der Waals surface area contributed by atoms with Gasteiger partial charge in [-0.05, 0) is 43.4 Å². The van der Waals surface area contributed by atoms with Gasteiger partial charge >= 0.3 is 0 Å². The molecule has 0 aliphatic heterocycles. The molecule has 0 fully saturated rings. The van der Waals surface area contributed by atoms with E-state index in [-0.39, 0.29) is 5.78 Å². The Morgan fingerprint density at radius 1 is 1.28 bits per heavy atom. The number of carbonyl (C=O) groups is 1. The van der Waals surface area contributed by atoms with E-state index in [0.29, 0.717) is 5.56 Å². The summed E-state index contributed by atoms with van der Waals surface area (Å²) in [6, 6.07) is 6.09. The fraction of sp³-hybridized carbons (Fsp3) is 0.333. The molecule has 1 aliphatic carbocycles. The summed E-state index contributed by atoms with van der Waals surface area (Å²) >= 11 is 0. The number of aryl methyl sites for hydroxylation is 3. The molecule has 92 valence electrons. The number of aromatic nitrogens is 2. The molecular formula is C15H16N2O. The van der Waals surface area contributed by atoms with Gasteiger partial charge in [0.25, 0.3) is 0 Å². The van der Waals surface area contributed by atoms with Crippen LogP contribution in [0.3, 0.4) is 0 Å². The summed E-state index contributed by atoms with van der Waals surface area (Å²) in [7, 11) is 1.86. The van der Waals surface area contributed by atoms with Crippen LogP contribution in [0.2, 0.25) is 0 Å². The van der Waals surface area contributed by atoms with Gasteiger partial charge in [0.05, 0.1) is 11.8 Å². The minimum atomic E-state index is 0.0790. The standard InChI is InChI=1S/C15H16N2O/c1-10-14(9-16-17(10)2)15(18)13-7-6-11-4-3-5-12(11)8-13/h6-9H,3-5H2,1-2H3. The number of benzene rings is 1. The van der Waals surface area contributed by atoms with E-state index in [0.717, 1.165) is 24.1 Å². The van der Waals surface area contributed by atoms with Crippen LogP contribution in [0.15, 0.2) is 24.4 Å². The first kappa shape index (κ1) is 11.2. The van der Waals surface area contributed by atoms with Crippen LogP contribution >= 0.6 is 0 Å². The van der Waals surface area contributed by atoms with E-state index in [1.165, 1.54) is 17.5 Å². The average Bonchev–Trinajstić information content (AvgIpc) is 2.96. The van der Waals surface area contributed by atoms with Crippen LogP contribution in [-0.4, -0.2) is 15.6 Å². The highest BCUT2D eigenvalue weighted by Crippen LogP contribution is 2.24. The van der Waals surface area contributed by atoms with E-state index in [1.807, 2.05) is 20.0 Å². The molecular weight excluding hydrogens is 224 g/mol. The summed E-state index contributed by atoms with van der Waals surface area (Å²) < 4.78 is 1.74. The van der Waals surface area contributed by atoms with Gasteiger partial charge in [-0.1, -0.05) is 12.1 Å². The van der Waals surface area contributed by atoms with Crippen LogP contribution in [0.4, 0.5) is 0 Å². The van der Waals surface area contributed by atoms with E-state index < -0.39 is 0 Å². The number of hydrogen-bond acceptors (Lipinski definition) is 2. The highest BCUT2D eigenvalue weighted by Gasteiger charge is 2.18. The van der Waals surface area contributed by atoms with Crippen LogP contribution in [0.1, 0.15) is 39.2 Å². The summed E-state index contributed by atoms with van der Waals surface area (Å²) in [5.41, 5.74) is 5.14. The van der Waals surface area contributed by atoms with Crippen molar-refractivity contribution in [1.29, 1.82) is 0 Å². The Hall–Kier alpha value is -1.90. The highest BCUT2D eigenvalue weighted by atomic mass is 16.1. The third-order valence-electron chi connectivity index (χ3n) is 3.84. The van der Waals surface area contributed by atoms with Crippen LogP contribution in [0.25, 0.3) is 0 Å². The lowest BCUT2D eigenvalue weighted by Gasteiger charge is -2.04. The van der Waals surface area contributed by atoms with Crippen LogP contribution < -0.4 is 0 Å². The van der Waals surface area contributed by atoms with Gasteiger partial charge in [-0.15, -0.1) is 0 Å². The van der Waals surface area contributed by atoms with Crippen molar-refractivity contribution in [2.75, 3.05) is 0 Å². The summed E-state index contributed by atoms with van der Waals surface area (Å²) in [5.74, 6) is 0.0790. The minimum Gasteiger partial charge on any atom is -0.288 e. The first-order valence-corrected chi connectivity index (χ1v) is 6.32. The van der Waals surface area contributed by atoms with Crippen LogP contribution in [0, 0.1) is 6.92 Å². The molecule has 0 amide bonds. The van der Waals surface area contributed by atoms with Crippen molar-refractivity contribution in [1.82, 2.24) is 9.78 Å². The van der Waals surface area contributed by atoms with Gasteiger partial charge in [0.15, 0.2) is 5.78 Å². The zero-order chi connectivity index (χ0) is 12.7. The molecule has 1 aliphatic rings. The SMILES string of the molecule is Cc1c(C(=O)c2ccc3c(c2)CCC3)cnn1C. The molecule has 18 heavy (non-hydrogen) atoms. The lowest BCUT2D eigenvalue weighted by Crippen LogP contribution is -2.04. The molecule has 0 spiro atoms. The Balaban J connectivity index is 2.00. The van der Waals surface area contributed by atoms with Crippen molar-refractivity contribution < 1.29 is 4.79 Å². The average molecular weight is 240 g/mol. The molecule has 3 heteroatoms. The number of rotatable bonds is 2. The fourth-order valence-corrected chi connectivity index (χ4v) is 2.59. The van der Waals surface area contributed by atoms with Crippen molar-refractivity contribution >= 4 is 5.78 Å². The van der Waals surface area contributed by atoms with Gasteiger partial charge in [-0.3, -0.25) is 9.48 Å². The minimum absolute atomic E-state index is 0.0790. The maximum atomic E-state index is 12.4.